The van der Waals surface area contributed by atoms with Gasteiger partial charge in [-0.1, -0.05) is 60.2 Å². The number of nitrogens with one attached hydrogen (secondary N) is 1. The molecule has 3 aromatic carbocycles. The van der Waals surface area contributed by atoms with E-state index in [0.29, 0.717) is 22.8 Å². The number of aromatic nitrogens is 3. The van der Waals surface area contributed by atoms with E-state index in [1.165, 1.54) is 16.7 Å². The predicted molar refractivity (Wildman–Crippen MR) is 152 cm³/mol. The van der Waals surface area contributed by atoms with Crippen molar-refractivity contribution in [3.8, 4) is 16.8 Å². The predicted octanol–water partition coefficient (Wildman–Crippen LogP) is 5.86. The Kier molecular flexibility index (Phi) is 8.62. The first-order chi connectivity index (χ1) is 19.5. The number of anilines is 2. The van der Waals surface area contributed by atoms with Crippen LogP contribution in [0.15, 0.2) is 89.9 Å². The summed E-state index contributed by atoms with van der Waals surface area (Å²) in [5, 5.41) is 3.13. The van der Waals surface area contributed by atoms with E-state index in [-0.39, 0.29) is 16.7 Å². The summed E-state index contributed by atoms with van der Waals surface area (Å²) in [6, 6.07) is 21.2. The van der Waals surface area contributed by atoms with Crippen LogP contribution in [0.5, 0.6) is 0 Å². The van der Waals surface area contributed by atoms with E-state index in [2.05, 4.69) is 15.3 Å². The number of nitrogens with two attached hydrogens (primary N) is 1. The number of para-hydroxylation sites is 1. The summed E-state index contributed by atoms with van der Waals surface area (Å²) in [5.41, 5.74) is 7.69. The number of nitrogen functional groups attached to an aromatic ring is 1. The Morgan fingerprint density at radius 2 is 1.66 bits per heavy atom. The molecule has 0 radical (unpaired) electrons. The van der Waals surface area contributed by atoms with Gasteiger partial charge in [0.1, 0.15) is 5.82 Å². The van der Waals surface area contributed by atoms with Gasteiger partial charge in [0.05, 0.1) is 17.0 Å². The van der Waals surface area contributed by atoms with Crippen LogP contribution in [0.1, 0.15) is 29.8 Å². The third-order valence-electron chi connectivity index (χ3n) is 6.33. The van der Waals surface area contributed by atoms with Crippen molar-refractivity contribution in [2.75, 3.05) is 11.1 Å². The van der Waals surface area contributed by atoms with E-state index in [4.69, 9.17) is 14.2 Å². The molecule has 0 bridgehead atoms. The van der Waals surface area contributed by atoms with E-state index < -0.39 is 34.9 Å². The number of alkyl halides is 3. The maximum atomic E-state index is 13.9. The van der Waals surface area contributed by atoms with Crippen LogP contribution >= 0.6 is 0 Å². The maximum absolute atomic E-state index is 13.9. The van der Waals surface area contributed by atoms with Crippen LogP contribution in [0.2, 0.25) is 0 Å². The number of hydrogen-bond acceptors (Lipinski definition) is 7. The molecule has 5 aromatic rings. The molecule has 12 heteroatoms. The zero-order chi connectivity index (χ0) is 29.7. The van der Waals surface area contributed by atoms with Crippen LogP contribution in [0, 0.1) is 6.92 Å². The lowest BCUT2D eigenvalue weighted by Gasteiger charge is -2.23. The molecule has 3 N–H and O–H groups in total. The average molecular weight is 580 g/mol. The summed E-state index contributed by atoms with van der Waals surface area (Å²) in [4.78, 5) is 22.3. The molecule has 0 unspecified atom stereocenters. The zero-order valence-electron chi connectivity index (χ0n) is 21.8. The summed E-state index contributed by atoms with van der Waals surface area (Å²) in [6.07, 6.45) is -3.06. The van der Waals surface area contributed by atoms with E-state index in [1.807, 2.05) is 38.1 Å². The van der Waals surface area contributed by atoms with Gasteiger partial charge in [0.25, 0.3) is 5.56 Å². The number of fused-ring (bicyclic) bond motifs is 1. The number of pyridine rings is 1. The molecule has 0 aliphatic heterocycles. The van der Waals surface area contributed by atoms with Crippen molar-refractivity contribution in [1.82, 2.24) is 14.5 Å². The van der Waals surface area contributed by atoms with Crippen LogP contribution < -0.4 is 16.6 Å². The van der Waals surface area contributed by atoms with E-state index in [9.17, 15) is 18.0 Å². The molecule has 0 fully saturated rings. The van der Waals surface area contributed by atoms with Crippen molar-refractivity contribution in [3.05, 3.63) is 112 Å². The second-order valence-electron chi connectivity index (χ2n) is 9.11. The lowest BCUT2D eigenvalue weighted by molar-refractivity contribution is -0.136. The van der Waals surface area contributed by atoms with Crippen molar-refractivity contribution in [1.29, 1.82) is 0 Å². The second kappa shape index (κ2) is 12.1. The number of aryl methyl sites for hydroxylation is 1. The van der Waals surface area contributed by atoms with Crippen LogP contribution in [0.25, 0.3) is 27.6 Å². The first-order valence-electron chi connectivity index (χ1n) is 12.2. The molecule has 2 heterocycles. The van der Waals surface area contributed by atoms with Gasteiger partial charge < -0.3 is 11.1 Å². The monoisotopic (exact) mass is 579 g/mol. The van der Waals surface area contributed by atoms with Crippen LogP contribution in [0.3, 0.4) is 0 Å². The SMILES string of the molecule is Cc1cccc(-c2cnc(N)nc2N[C@@H](C)c2cc3cccc(C(F)(F)F)c3c(=O)n2-c2ccccc2)c1.O=S=O. The van der Waals surface area contributed by atoms with Gasteiger partial charge in [-0.05, 0) is 49.1 Å². The van der Waals surface area contributed by atoms with Gasteiger partial charge in [-0.25, -0.2) is 4.98 Å². The number of hydrogen-bond donors (Lipinski definition) is 2. The topological polar surface area (TPSA) is 120 Å². The van der Waals surface area contributed by atoms with Crippen LogP contribution in [-0.4, -0.2) is 23.0 Å². The zero-order valence-corrected chi connectivity index (χ0v) is 22.7. The Morgan fingerprint density at radius 3 is 2.32 bits per heavy atom. The smallest absolute Gasteiger partial charge is 0.368 e. The summed E-state index contributed by atoms with van der Waals surface area (Å²) >= 11 is -0.750. The number of benzene rings is 3. The molecule has 210 valence electrons. The second-order valence-corrected chi connectivity index (χ2v) is 9.24. The fraction of sp³-hybridized carbons (Fsp3) is 0.138. The van der Waals surface area contributed by atoms with Gasteiger partial charge in [0.15, 0.2) is 0 Å². The number of rotatable bonds is 5. The molecule has 0 saturated heterocycles. The molecular formula is C29H24F3N5O3S. The quantitative estimate of drug-likeness (QED) is 0.268. The lowest BCUT2D eigenvalue weighted by atomic mass is 10.0. The standard InChI is InChI=1S/C29H24F3N5O.O2S/c1-17-8-6-9-19(14-17)22-16-34-28(33)36-26(22)35-18(2)24-15-20-10-7-13-23(29(30,31)32)25(20)27(38)37(24)21-11-4-3-5-12-21;1-3-2/h3-16,18H,1-2H3,(H3,33,34,35,36);/t18-;/m0./s1. The molecule has 1 atom stereocenters. The summed E-state index contributed by atoms with van der Waals surface area (Å²) in [5.74, 6) is 0.497. The highest BCUT2D eigenvalue weighted by Crippen LogP contribution is 2.35. The molecule has 5 rings (SSSR count). The first kappa shape index (κ1) is 29.2. The van der Waals surface area contributed by atoms with Gasteiger partial charge in [0.2, 0.25) is 5.95 Å². The van der Waals surface area contributed by atoms with Crippen molar-refractivity contribution in [3.63, 3.8) is 0 Å². The first-order valence-corrected chi connectivity index (χ1v) is 12.9. The van der Waals surface area contributed by atoms with Crippen LogP contribution in [0.4, 0.5) is 24.9 Å². The van der Waals surface area contributed by atoms with Gasteiger partial charge in [0, 0.05) is 23.1 Å². The van der Waals surface area contributed by atoms with Gasteiger partial charge in [-0.2, -0.15) is 26.6 Å². The summed E-state index contributed by atoms with van der Waals surface area (Å²) in [6.45, 7) is 3.78. The minimum atomic E-state index is -4.68. The molecule has 2 aromatic heterocycles. The van der Waals surface area contributed by atoms with Crippen molar-refractivity contribution < 1.29 is 21.6 Å². The van der Waals surface area contributed by atoms with Crippen molar-refractivity contribution in [2.24, 2.45) is 0 Å². The Balaban J connectivity index is 0.00000124. The molecule has 0 aliphatic rings. The van der Waals surface area contributed by atoms with E-state index in [0.717, 1.165) is 17.2 Å². The molecule has 0 spiro atoms. The third kappa shape index (κ3) is 6.33. The largest absolute Gasteiger partial charge is 0.417 e. The average Bonchev–Trinajstić information content (AvgIpc) is 2.93. The Morgan fingerprint density at radius 1 is 0.976 bits per heavy atom. The van der Waals surface area contributed by atoms with Crippen LogP contribution in [-0.2, 0) is 17.7 Å². The van der Waals surface area contributed by atoms with Gasteiger partial charge in [-0.15, -0.1) is 0 Å². The van der Waals surface area contributed by atoms with E-state index in [1.54, 1.807) is 42.6 Å². The fourth-order valence-electron chi connectivity index (χ4n) is 4.59. The Labute approximate surface area is 236 Å². The minimum absolute atomic E-state index is 0.0601. The highest BCUT2D eigenvalue weighted by atomic mass is 32.1. The minimum Gasteiger partial charge on any atom is -0.368 e. The Hall–Kier alpha value is -4.84. The molecule has 0 saturated carbocycles. The van der Waals surface area contributed by atoms with Gasteiger partial charge >= 0.3 is 17.7 Å². The maximum Gasteiger partial charge on any atom is 0.417 e. The Bertz CT molecular complexity index is 1800. The van der Waals surface area contributed by atoms with Gasteiger partial charge in [-0.3, -0.25) is 9.36 Å². The molecule has 0 aliphatic carbocycles. The lowest BCUT2D eigenvalue weighted by Crippen LogP contribution is -2.27. The summed E-state index contributed by atoms with van der Waals surface area (Å²) < 4.78 is 59.5. The fourth-order valence-corrected chi connectivity index (χ4v) is 4.59. The third-order valence-corrected chi connectivity index (χ3v) is 6.33. The highest BCUT2D eigenvalue weighted by molar-refractivity contribution is 7.51. The van der Waals surface area contributed by atoms with Crippen molar-refractivity contribution >= 4 is 34.1 Å². The number of nitrogens with zero attached hydrogens (tertiary/aromatic N) is 3. The molecule has 8 nitrogen and oxygen atoms in total. The highest BCUT2D eigenvalue weighted by Gasteiger charge is 2.34. The number of halogens is 3. The molecule has 0 amide bonds. The van der Waals surface area contributed by atoms with Crippen molar-refractivity contribution in [2.45, 2.75) is 26.1 Å². The molecular weight excluding hydrogens is 555 g/mol. The normalized spacial score (nSPS) is 11.8. The van der Waals surface area contributed by atoms with E-state index >= 15 is 0 Å². The summed E-state index contributed by atoms with van der Waals surface area (Å²) in [7, 11) is 0. The molecule has 41 heavy (non-hydrogen) atoms.